The van der Waals surface area contributed by atoms with E-state index >= 15 is 0 Å². The molecule has 0 aliphatic carbocycles. The lowest BCUT2D eigenvalue weighted by atomic mass is 9.85. The lowest BCUT2D eigenvalue weighted by Crippen LogP contribution is -2.32. The molecule has 1 atom stereocenters. The highest BCUT2D eigenvalue weighted by Gasteiger charge is 2.27. The van der Waals surface area contributed by atoms with Crippen LogP contribution in [0.1, 0.15) is 28.3 Å². The number of imide groups is 1. The Labute approximate surface area is 163 Å². The second-order valence-corrected chi connectivity index (χ2v) is 5.90. The molecule has 0 saturated carbocycles. The van der Waals surface area contributed by atoms with Gasteiger partial charge in [-0.1, -0.05) is 24.3 Å². The Morgan fingerprint density at radius 1 is 1.00 bits per heavy atom. The molecule has 0 radical (unpaired) electrons. The van der Waals surface area contributed by atoms with Crippen LogP contribution in [0.3, 0.4) is 0 Å². The van der Waals surface area contributed by atoms with Crippen molar-refractivity contribution in [3.63, 3.8) is 0 Å². The fourth-order valence-electron chi connectivity index (χ4n) is 2.77. The molecule has 2 aromatic carbocycles. The molecule has 0 heterocycles. The summed E-state index contributed by atoms with van der Waals surface area (Å²) >= 11 is 0. The number of nitrogens with zero attached hydrogens (tertiary/aromatic N) is 2. The fourth-order valence-corrected chi connectivity index (χ4v) is 2.77. The highest BCUT2D eigenvalue weighted by Crippen LogP contribution is 2.29. The predicted molar refractivity (Wildman–Crippen MR) is 101 cm³/mol. The molecular formula is C21H19N3O4. The van der Waals surface area contributed by atoms with E-state index in [1.807, 2.05) is 12.1 Å². The normalized spacial score (nSPS) is 11.0. The molecule has 28 heavy (non-hydrogen) atoms. The monoisotopic (exact) mass is 377 g/mol. The summed E-state index contributed by atoms with van der Waals surface area (Å²) in [6, 6.07) is 17.1. The molecule has 0 aliphatic heterocycles. The zero-order valence-electron chi connectivity index (χ0n) is 15.5. The molecule has 0 aliphatic rings. The Morgan fingerprint density at radius 3 is 2.21 bits per heavy atom. The van der Waals surface area contributed by atoms with E-state index < -0.39 is 23.7 Å². The molecule has 142 valence electrons. The van der Waals surface area contributed by atoms with E-state index in [9.17, 15) is 20.1 Å². The van der Waals surface area contributed by atoms with Crippen molar-refractivity contribution >= 4 is 11.8 Å². The summed E-state index contributed by atoms with van der Waals surface area (Å²) in [7, 11) is 2.95. The first-order valence-corrected chi connectivity index (χ1v) is 8.44. The number of rotatable bonds is 7. The summed E-state index contributed by atoms with van der Waals surface area (Å²) in [5.41, 5.74) is 0.852. The van der Waals surface area contributed by atoms with Gasteiger partial charge in [0.2, 0.25) is 5.91 Å². The molecule has 1 N–H and O–H groups in total. The van der Waals surface area contributed by atoms with Crippen LogP contribution in [-0.4, -0.2) is 26.0 Å². The second kappa shape index (κ2) is 9.75. The smallest absolute Gasteiger partial charge is 0.261 e. The molecule has 0 fully saturated rings. The highest BCUT2D eigenvalue weighted by atomic mass is 16.5. The second-order valence-electron chi connectivity index (χ2n) is 5.90. The van der Waals surface area contributed by atoms with Crippen LogP contribution in [0.2, 0.25) is 0 Å². The number of methoxy groups -OCH3 is 2. The van der Waals surface area contributed by atoms with Crippen LogP contribution in [0.4, 0.5) is 0 Å². The minimum atomic E-state index is -1.04. The number of carbonyl (C=O) groups excluding carboxylic acids is 2. The van der Waals surface area contributed by atoms with Crippen molar-refractivity contribution in [2.45, 2.75) is 12.3 Å². The summed E-state index contributed by atoms with van der Waals surface area (Å²) in [5.74, 6) is -1.98. The van der Waals surface area contributed by atoms with E-state index in [2.05, 4.69) is 5.32 Å². The van der Waals surface area contributed by atoms with Gasteiger partial charge < -0.3 is 9.47 Å². The topological polar surface area (TPSA) is 112 Å². The van der Waals surface area contributed by atoms with Gasteiger partial charge in [0, 0.05) is 12.3 Å². The first-order valence-electron chi connectivity index (χ1n) is 8.44. The van der Waals surface area contributed by atoms with Gasteiger partial charge in [-0.15, -0.1) is 0 Å². The van der Waals surface area contributed by atoms with Crippen LogP contribution in [0.15, 0.2) is 48.5 Å². The average molecular weight is 377 g/mol. The molecule has 7 nitrogen and oxygen atoms in total. The number of ether oxygens (including phenoxy) is 2. The van der Waals surface area contributed by atoms with Crippen molar-refractivity contribution in [1.82, 2.24) is 5.32 Å². The molecule has 2 rings (SSSR count). The number of nitriles is 2. The summed E-state index contributed by atoms with van der Waals surface area (Å²) in [6.07, 6.45) is -0.195. The number of amides is 2. The van der Waals surface area contributed by atoms with E-state index in [-0.39, 0.29) is 12.0 Å². The Bertz CT molecular complexity index is 912. The van der Waals surface area contributed by atoms with Gasteiger partial charge in [0.1, 0.15) is 17.4 Å². The number of para-hydroxylation sites is 1. The Kier molecular flexibility index (Phi) is 7.13. The maximum absolute atomic E-state index is 12.5. The van der Waals surface area contributed by atoms with Crippen molar-refractivity contribution in [3.8, 4) is 23.6 Å². The van der Waals surface area contributed by atoms with Crippen molar-refractivity contribution in [2.75, 3.05) is 14.2 Å². The lowest BCUT2D eigenvalue weighted by Gasteiger charge is -2.18. The van der Waals surface area contributed by atoms with Crippen molar-refractivity contribution in [2.24, 2.45) is 5.92 Å². The van der Waals surface area contributed by atoms with Gasteiger partial charge >= 0.3 is 0 Å². The van der Waals surface area contributed by atoms with E-state index in [4.69, 9.17) is 9.47 Å². The van der Waals surface area contributed by atoms with Crippen molar-refractivity contribution in [3.05, 3.63) is 59.7 Å². The van der Waals surface area contributed by atoms with E-state index in [0.29, 0.717) is 17.1 Å². The SMILES string of the molecule is COc1ccc([C@@H](CC(=O)NC(=O)c2ccccc2OC)C(C#N)C#N)cc1. The van der Waals surface area contributed by atoms with E-state index in [1.165, 1.54) is 20.3 Å². The third-order valence-electron chi connectivity index (χ3n) is 4.23. The quantitative estimate of drug-likeness (QED) is 0.794. The number of benzene rings is 2. The Hall–Kier alpha value is -3.84. The van der Waals surface area contributed by atoms with E-state index in [1.54, 1.807) is 42.5 Å². The average Bonchev–Trinajstić information content (AvgIpc) is 2.73. The van der Waals surface area contributed by atoms with E-state index in [0.717, 1.165) is 0 Å². The molecule has 0 bridgehead atoms. The van der Waals surface area contributed by atoms with Gasteiger partial charge in [0.15, 0.2) is 0 Å². The van der Waals surface area contributed by atoms with Crippen LogP contribution < -0.4 is 14.8 Å². The van der Waals surface area contributed by atoms with Gasteiger partial charge in [-0.2, -0.15) is 10.5 Å². The molecule has 0 spiro atoms. The standard InChI is InChI=1S/C21H19N3O4/c1-27-16-9-7-14(8-10-16)18(15(12-22)13-23)11-20(25)24-21(26)17-5-3-4-6-19(17)28-2/h3-10,15,18H,11H2,1-2H3,(H,24,25,26)/t18-/m1/s1. The Morgan fingerprint density at radius 2 is 1.64 bits per heavy atom. The third kappa shape index (κ3) is 4.87. The van der Waals surface area contributed by atoms with Gasteiger partial charge in [0.25, 0.3) is 5.91 Å². The molecule has 0 aromatic heterocycles. The molecule has 0 saturated heterocycles. The highest BCUT2D eigenvalue weighted by molar-refractivity contribution is 6.06. The number of nitrogens with one attached hydrogen (secondary N) is 1. The van der Waals surface area contributed by atoms with Crippen LogP contribution in [0, 0.1) is 28.6 Å². The largest absolute Gasteiger partial charge is 0.497 e. The summed E-state index contributed by atoms with van der Waals surface area (Å²) in [5, 5.41) is 20.9. The molecule has 0 unspecified atom stereocenters. The molecular weight excluding hydrogens is 358 g/mol. The number of carbonyl (C=O) groups is 2. The molecule has 2 aromatic rings. The molecule has 2 amide bonds. The maximum atomic E-state index is 12.5. The third-order valence-corrected chi connectivity index (χ3v) is 4.23. The van der Waals surface area contributed by atoms with Crippen LogP contribution in [-0.2, 0) is 4.79 Å². The zero-order valence-corrected chi connectivity index (χ0v) is 15.5. The van der Waals surface area contributed by atoms with Crippen LogP contribution in [0.25, 0.3) is 0 Å². The number of hydrogen-bond donors (Lipinski definition) is 1. The van der Waals surface area contributed by atoms with Gasteiger partial charge in [-0.3, -0.25) is 14.9 Å². The first kappa shape index (κ1) is 20.5. The lowest BCUT2D eigenvalue weighted by molar-refractivity contribution is -0.120. The van der Waals surface area contributed by atoms with Crippen molar-refractivity contribution < 1.29 is 19.1 Å². The first-order chi connectivity index (χ1) is 13.5. The fraction of sp³-hybridized carbons (Fsp3) is 0.238. The van der Waals surface area contributed by atoms with Crippen molar-refractivity contribution in [1.29, 1.82) is 10.5 Å². The number of hydrogen-bond acceptors (Lipinski definition) is 6. The minimum Gasteiger partial charge on any atom is -0.497 e. The predicted octanol–water partition coefficient (Wildman–Crippen LogP) is 2.80. The maximum Gasteiger partial charge on any atom is 0.261 e. The van der Waals surface area contributed by atoms with Gasteiger partial charge in [0.05, 0.1) is 31.9 Å². The minimum absolute atomic E-state index is 0.195. The Balaban J connectivity index is 2.19. The van der Waals surface area contributed by atoms with Gasteiger partial charge in [-0.05, 0) is 29.8 Å². The van der Waals surface area contributed by atoms with Crippen LogP contribution in [0.5, 0.6) is 11.5 Å². The molecule has 7 heteroatoms. The zero-order chi connectivity index (χ0) is 20.5. The van der Waals surface area contributed by atoms with Crippen LogP contribution >= 0.6 is 0 Å². The summed E-state index contributed by atoms with van der Waals surface area (Å²) in [4.78, 5) is 24.8. The van der Waals surface area contributed by atoms with Gasteiger partial charge in [-0.25, -0.2) is 0 Å². The summed E-state index contributed by atoms with van der Waals surface area (Å²) in [6.45, 7) is 0. The summed E-state index contributed by atoms with van der Waals surface area (Å²) < 4.78 is 10.2.